The number of hydrogen-bond donors (Lipinski definition) is 1. The molecule has 0 fully saturated rings. The maximum Gasteiger partial charge on any atom is 0.180 e. The highest BCUT2D eigenvalue weighted by molar-refractivity contribution is 6.32. The Kier molecular flexibility index (Phi) is 6.51. The predicted molar refractivity (Wildman–Crippen MR) is 91.1 cm³/mol. The van der Waals surface area contributed by atoms with Crippen LogP contribution in [0.1, 0.15) is 18.1 Å². The third kappa shape index (κ3) is 4.50. The average molecular weight is 358 g/mol. The molecular formula is C17H18Cl2FNO2. The van der Waals surface area contributed by atoms with Gasteiger partial charge in [0.1, 0.15) is 12.4 Å². The minimum absolute atomic E-state index is 0.0311. The van der Waals surface area contributed by atoms with Crippen molar-refractivity contribution in [2.45, 2.75) is 20.1 Å². The first-order chi connectivity index (χ1) is 11.1. The second-order valence-corrected chi connectivity index (χ2v) is 5.67. The van der Waals surface area contributed by atoms with E-state index in [0.717, 1.165) is 5.56 Å². The lowest BCUT2D eigenvalue weighted by atomic mass is 10.2. The molecule has 0 bridgehead atoms. The van der Waals surface area contributed by atoms with Gasteiger partial charge in [0.2, 0.25) is 0 Å². The minimum Gasteiger partial charge on any atom is -0.490 e. The molecule has 0 radical (unpaired) electrons. The van der Waals surface area contributed by atoms with Crippen LogP contribution in [0.15, 0.2) is 30.3 Å². The molecule has 3 nitrogen and oxygen atoms in total. The Bertz CT molecular complexity index is 660. The highest BCUT2D eigenvalue weighted by Crippen LogP contribution is 2.37. The smallest absolute Gasteiger partial charge is 0.180 e. The number of benzene rings is 2. The fraction of sp³-hybridized carbons (Fsp3) is 0.294. The molecule has 124 valence electrons. The Morgan fingerprint density at radius 1 is 1.13 bits per heavy atom. The molecule has 0 heterocycles. The van der Waals surface area contributed by atoms with Gasteiger partial charge in [0, 0.05) is 12.1 Å². The van der Waals surface area contributed by atoms with Crippen molar-refractivity contribution in [1.29, 1.82) is 0 Å². The molecule has 0 aliphatic carbocycles. The van der Waals surface area contributed by atoms with Crippen LogP contribution in [0.2, 0.25) is 10.0 Å². The van der Waals surface area contributed by atoms with Crippen molar-refractivity contribution in [2.75, 3.05) is 13.7 Å². The normalized spacial score (nSPS) is 10.7. The molecule has 0 atom stereocenters. The van der Waals surface area contributed by atoms with Crippen molar-refractivity contribution >= 4 is 23.2 Å². The molecule has 1 N–H and O–H groups in total. The fourth-order valence-electron chi connectivity index (χ4n) is 2.15. The van der Waals surface area contributed by atoms with Crippen LogP contribution in [0.25, 0.3) is 0 Å². The van der Waals surface area contributed by atoms with Gasteiger partial charge in [0.05, 0.1) is 16.7 Å². The third-order valence-electron chi connectivity index (χ3n) is 3.17. The van der Waals surface area contributed by atoms with Crippen LogP contribution in [-0.2, 0) is 13.2 Å². The molecule has 0 aliphatic heterocycles. The summed E-state index contributed by atoms with van der Waals surface area (Å²) >= 11 is 12.3. The summed E-state index contributed by atoms with van der Waals surface area (Å²) in [5.41, 5.74) is 1.25. The Morgan fingerprint density at radius 2 is 1.91 bits per heavy atom. The van der Waals surface area contributed by atoms with E-state index in [-0.39, 0.29) is 12.2 Å². The number of nitrogens with one attached hydrogen (secondary N) is 1. The summed E-state index contributed by atoms with van der Waals surface area (Å²) in [6.07, 6.45) is 0. The van der Waals surface area contributed by atoms with Gasteiger partial charge in [-0.05, 0) is 43.8 Å². The molecule has 0 amide bonds. The average Bonchev–Trinajstić information content (AvgIpc) is 2.49. The van der Waals surface area contributed by atoms with Gasteiger partial charge >= 0.3 is 0 Å². The largest absolute Gasteiger partial charge is 0.490 e. The molecule has 6 heteroatoms. The molecule has 2 aromatic carbocycles. The molecule has 0 unspecified atom stereocenters. The lowest BCUT2D eigenvalue weighted by Crippen LogP contribution is -2.07. The van der Waals surface area contributed by atoms with Crippen molar-refractivity contribution in [3.63, 3.8) is 0 Å². The van der Waals surface area contributed by atoms with E-state index >= 15 is 0 Å². The lowest BCUT2D eigenvalue weighted by molar-refractivity contribution is 0.266. The molecule has 0 saturated carbocycles. The zero-order chi connectivity index (χ0) is 16.8. The van der Waals surface area contributed by atoms with Crippen LogP contribution in [-0.4, -0.2) is 13.7 Å². The predicted octanol–water partition coefficient (Wildman–Crippen LogP) is 4.83. The maximum atomic E-state index is 13.8. The highest BCUT2D eigenvalue weighted by Gasteiger charge is 2.15. The van der Waals surface area contributed by atoms with Gasteiger partial charge in [-0.2, -0.15) is 0 Å². The van der Waals surface area contributed by atoms with E-state index < -0.39 is 5.82 Å². The first-order valence-electron chi connectivity index (χ1n) is 7.22. The van der Waals surface area contributed by atoms with E-state index in [2.05, 4.69) is 5.32 Å². The summed E-state index contributed by atoms with van der Waals surface area (Å²) in [5.74, 6) is 0.490. The quantitative estimate of drug-likeness (QED) is 0.769. The third-order valence-corrected chi connectivity index (χ3v) is 3.81. The molecule has 0 aliphatic rings. The van der Waals surface area contributed by atoms with Gasteiger partial charge in [-0.3, -0.25) is 0 Å². The molecule has 23 heavy (non-hydrogen) atoms. The van der Waals surface area contributed by atoms with Crippen molar-refractivity contribution < 1.29 is 13.9 Å². The second kappa shape index (κ2) is 8.39. The minimum atomic E-state index is -0.418. The SMILES string of the molecule is CCOc1cc(CNC)cc(Cl)c1OCc1c(F)cccc1Cl. The first kappa shape index (κ1) is 17.9. The van der Waals surface area contributed by atoms with Crippen molar-refractivity contribution in [1.82, 2.24) is 5.32 Å². The number of hydrogen-bond acceptors (Lipinski definition) is 3. The Morgan fingerprint density at radius 3 is 2.57 bits per heavy atom. The second-order valence-electron chi connectivity index (χ2n) is 4.86. The van der Waals surface area contributed by atoms with Crippen LogP contribution in [0.4, 0.5) is 4.39 Å². The fourth-order valence-corrected chi connectivity index (χ4v) is 2.65. The number of halogens is 3. The first-order valence-corrected chi connectivity index (χ1v) is 7.97. The zero-order valence-electron chi connectivity index (χ0n) is 13.0. The van der Waals surface area contributed by atoms with Crippen LogP contribution in [0.3, 0.4) is 0 Å². The van der Waals surface area contributed by atoms with Gasteiger partial charge in [0.25, 0.3) is 0 Å². The maximum absolute atomic E-state index is 13.8. The van der Waals surface area contributed by atoms with Crippen LogP contribution in [0, 0.1) is 5.82 Å². The molecule has 0 spiro atoms. The van der Waals surface area contributed by atoms with Crippen molar-refractivity contribution in [3.05, 3.63) is 57.3 Å². The number of ether oxygens (including phenoxy) is 2. The van der Waals surface area contributed by atoms with Gasteiger partial charge < -0.3 is 14.8 Å². The van der Waals surface area contributed by atoms with Gasteiger partial charge in [-0.15, -0.1) is 0 Å². The summed E-state index contributed by atoms with van der Waals surface area (Å²) in [4.78, 5) is 0. The van der Waals surface area contributed by atoms with E-state index in [4.69, 9.17) is 32.7 Å². The summed E-state index contributed by atoms with van der Waals surface area (Å²) in [5, 5.41) is 3.77. The van der Waals surface area contributed by atoms with E-state index in [1.807, 2.05) is 20.0 Å². The Labute approximate surface area is 145 Å². The summed E-state index contributed by atoms with van der Waals surface area (Å²) in [6, 6.07) is 8.14. The van der Waals surface area contributed by atoms with Crippen LogP contribution in [0.5, 0.6) is 11.5 Å². The van der Waals surface area contributed by atoms with Crippen LogP contribution < -0.4 is 14.8 Å². The highest BCUT2D eigenvalue weighted by atomic mass is 35.5. The standard InChI is InChI=1S/C17H18Cl2FNO2/c1-3-22-16-8-11(9-21-2)7-14(19)17(16)23-10-12-13(18)5-4-6-15(12)20/h4-8,21H,3,9-10H2,1-2H3. The van der Waals surface area contributed by atoms with E-state index in [1.165, 1.54) is 6.07 Å². The van der Waals surface area contributed by atoms with E-state index in [1.54, 1.807) is 18.2 Å². The van der Waals surface area contributed by atoms with E-state index in [0.29, 0.717) is 34.7 Å². The zero-order valence-corrected chi connectivity index (χ0v) is 14.5. The summed E-state index contributed by atoms with van der Waals surface area (Å²) in [6.45, 7) is 2.96. The molecule has 0 saturated heterocycles. The molecule has 2 rings (SSSR count). The van der Waals surface area contributed by atoms with Gasteiger partial charge in [0.15, 0.2) is 11.5 Å². The summed E-state index contributed by atoms with van der Waals surface area (Å²) < 4.78 is 25.1. The van der Waals surface area contributed by atoms with Crippen LogP contribution >= 0.6 is 23.2 Å². The Balaban J connectivity index is 2.28. The topological polar surface area (TPSA) is 30.5 Å². The molecule has 0 aromatic heterocycles. The molecule has 2 aromatic rings. The van der Waals surface area contributed by atoms with E-state index in [9.17, 15) is 4.39 Å². The lowest BCUT2D eigenvalue weighted by Gasteiger charge is -2.16. The van der Waals surface area contributed by atoms with Gasteiger partial charge in [-0.25, -0.2) is 4.39 Å². The van der Waals surface area contributed by atoms with Crippen molar-refractivity contribution in [3.8, 4) is 11.5 Å². The van der Waals surface area contributed by atoms with Gasteiger partial charge in [-0.1, -0.05) is 29.3 Å². The Hall–Kier alpha value is -1.49. The summed E-state index contributed by atoms with van der Waals surface area (Å²) in [7, 11) is 1.85. The molecular weight excluding hydrogens is 340 g/mol. The number of rotatable bonds is 7. The van der Waals surface area contributed by atoms with Crippen molar-refractivity contribution in [2.24, 2.45) is 0 Å². The monoisotopic (exact) mass is 357 g/mol.